The molecule has 30 heavy (non-hydrogen) atoms. The third-order valence-corrected chi connectivity index (χ3v) is 4.71. The zero-order valence-corrected chi connectivity index (χ0v) is 18.2. The summed E-state index contributed by atoms with van der Waals surface area (Å²) in [4.78, 5) is 11.5. The number of halogens is 6. The molecule has 0 aliphatic rings. The van der Waals surface area contributed by atoms with E-state index in [1.54, 1.807) is 12.1 Å². The highest BCUT2D eigenvalue weighted by Crippen LogP contribution is 2.24. The molecule has 0 saturated carbocycles. The van der Waals surface area contributed by atoms with Crippen LogP contribution >= 0.6 is 31.9 Å². The predicted octanol–water partition coefficient (Wildman–Crippen LogP) is 6.79. The number of nitrogen functional groups attached to an aromatic ring is 1. The van der Waals surface area contributed by atoms with Gasteiger partial charge in [-0.2, -0.15) is 0 Å². The zero-order valence-electron chi connectivity index (χ0n) is 15.1. The number of amides is 1. The summed E-state index contributed by atoms with van der Waals surface area (Å²) in [7, 11) is 0. The summed E-state index contributed by atoms with van der Waals surface area (Å²) in [5.74, 6) is -3.00. The third-order valence-electron chi connectivity index (χ3n) is 3.50. The molecule has 0 bridgehead atoms. The molecule has 0 radical (unpaired) electrons. The van der Waals surface area contributed by atoms with Crippen molar-refractivity contribution in [3.05, 3.63) is 92.4 Å². The Morgan fingerprint density at radius 3 is 2.03 bits per heavy atom. The molecule has 1 amide bonds. The number of carbonyl (C=O) groups excluding carboxylic acids is 1. The topological polar surface area (TPSA) is 64.4 Å². The first-order valence-corrected chi connectivity index (χ1v) is 9.78. The van der Waals surface area contributed by atoms with E-state index >= 15 is 0 Å². The van der Waals surface area contributed by atoms with Gasteiger partial charge in [0.1, 0.15) is 29.9 Å². The number of nitrogens with two attached hydrogens (primary N) is 1. The van der Waals surface area contributed by atoms with Crippen LogP contribution in [0.4, 0.5) is 33.7 Å². The van der Waals surface area contributed by atoms with Gasteiger partial charge in [0.05, 0.1) is 20.3 Å². The normalized spacial score (nSPS) is 10.1. The van der Waals surface area contributed by atoms with Gasteiger partial charge in [-0.15, -0.1) is 0 Å². The second-order valence-electron chi connectivity index (χ2n) is 5.72. The molecule has 4 nitrogen and oxygen atoms in total. The molecule has 158 valence electrons. The summed E-state index contributed by atoms with van der Waals surface area (Å²) in [5.41, 5.74) is 5.71. The standard InChI is InChI=1S/C14H10BrF2NO2.C6H4BrF2N/c15-10-6-13(12(17)7-11(10)16)18-14(19)20-8-9-4-2-1-3-5-9;7-3-1-6(10)5(9)2-4(3)8/h1-7H,8H2,(H,18,19);1-2H,10H2. The van der Waals surface area contributed by atoms with E-state index in [1.165, 1.54) is 6.07 Å². The van der Waals surface area contributed by atoms with Gasteiger partial charge in [-0.3, -0.25) is 5.32 Å². The van der Waals surface area contributed by atoms with Crippen molar-refractivity contribution in [1.29, 1.82) is 0 Å². The molecule has 0 heterocycles. The van der Waals surface area contributed by atoms with Gasteiger partial charge < -0.3 is 10.5 Å². The van der Waals surface area contributed by atoms with Crippen LogP contribution in [0.5, 0.6) is 0 Å². The van der Waals surface area contributed by atoms with E-state index < -0.39 is 29.4 Å². The molecule has 3 rings (SSSR count). The van der Waals surface area contributed by atoms with Crippen LogP contribution in [0.25, 0.3) is 0 Å². The number of anilines is 2. The van der Waals surface area contributed by atoms with Crippen molar-refractivity contribution in [3.63, 3.8) is 0 Å². The lowest BCUT2D eigenvalue weighted by Gasteiger charge is -2.08. The van der Waals surface area contributed by atoms with Crippen LogP contribution in [-0.2, 0) is 11.3 Å². The van der Waals surface area contributed by atoms with Crippen LogP contribution in [0.1, 0.15) is 5.56 Å². The Hall–Kier alpha value is -2.59. The highest BCUT2D eigenvalue weighted by molar-refractivity contribution is 9.10. The summed E-state index contributed by atoms with van der Waals surface area (Å²) in [5, 5.41) is 2.22. The maximum atomic E-state index is 13.4. The lowest BCUT2D eigenvalue weighted by Crippen LogP contribution is -2.14. The average molecular weight is 550 g/mol. The van der Waals surface area contributed by atoms with Crippen molar-refractivity contribution in [3.8, 4) is 0 Å². The Kier molecular flexibility index (Phi) is 8.67. The van der Waals surface area contributed by atoms with E-state index in [0.29, 0.717) is 6.07 Å². The molecule has 0 saturated heterocycles. The van der Waals surface area contributed by atoms with E-state index in [9.17, 15) is 22.4 Å². The minimum atomic E-state index is -0.873. The predicted molar refractivity (Wildman–Crippen MR) is 113 cm³/mol. The number of benzene rings is 3. The maximum Gasteiger partial charge on any atom is 0.412 e. The molecule has 0 aromatic heterocycles. The van der Waals surface area contributed by atoms with Gasteiger partial charge in [0.15, 0.2) is 0 Å². The van der Waals surface area contributed by atoms with Gasteiger partial charge in [0, 0.05) is 12.1 Å². The third kappa shape index (κ3) is 7.03. The Labute approximate surface area is 186 Å². The lowest BCUT2D eigenvalue weighted by molar-refractivity contribution is 0.155. The maximum absolute atomic E-state index is 13.4. The smallest absolute Gasteiger partial charge is 0.412 e. The Balaban J connectivity index is 0.000000269. The molecule has 0 fully saturated rings. The van der Waals surface area contributed by atoms with Crippen molar-refractivity contribution >= 4 is 49.3 Å². The molecule has 0 aliphatic heterocycles. The number of ether oxygens (including phenoxy) is 1. The van der Waals surface area contributed by atoms with Crippen LogP contribution in [0.15, 0.2) is 63.5 Å². The molecule has 3 aromatic carbocycles. The van der Waals surface area contributed by atoms with Crippen LogP contribution < -0.4 is 11.1 Å². The van der Waals surface area contributed by atoms with Gasteiger partial charge in [-0.25, -0.2) is 22.4 Å². The van der Waals surface area contributed by atoms with E-state index in [4.69, 9.17) is 10.5 Å². The van der Waals surface area contributed by atoms with Gasteiger partial charge in [-0.05, 0) is 49.6 Å². The lowest BCUT2D eigenvalue weighted by atomic mass is 10.2. The summed E-state index contributed by atoms with van der Waals surface area (Å²) in [6.45, 7) is 0.0661. The fourth-order valence-corrected chi connectivity index (χ4v) is 2.73. The van der Waals surface area contributed by atoms with Crippen molar-refractivity contribution in [1.82, 2.24) is 0 Å². The van der Waals surface area contributed by atoms with Gasteiger partial charge >= 0.3 is 6.09 Å². The fourth-order valence-electron chi connectivity index (χ4n) is 2.03. The van der Waals surface area contributed by atoms with E-state index in [2.05, 4.69) is 37.2 Å². The monoisotopic (exact) mass is 548 g/mol. The largest absolute Gasteiger partial charge is 0.444 e. The zero-order chi connectivity index (χ0) is 22.3. The van der Waals surface area contributed by atoms with Crippen LogP contribution in [-0.4, -0.2) is 6.09 Å². The summed E-state index contributed by atoms with van der Waals surface area (Å²) in [6, 6.07) is 12.8. The Morgan fingerprint density at radius 2 is 1.43 bits per heavy atom. The second kappa shape index (κ2) is 11.0. The summed E-state index contributed by atoms with van der Waals surface area (Å²) in [6.07, 6.45) is -0.814. The number of nitrogens with one attached hydrogen (secondary N) is 1. The number of rotatable bonds is 3. The first kappa shape index (κ1) is 23.7. The molecule has 0 aliphatic carbocycles. The molecule has 0 unspecified atom stereocenters. The Bertz CT molecular complexity index is 987. The fraction of sp³-hybridized carbons (Fsp3) is 0.0500. The SMILES string of the molecule is Nc1cc(Br)c(F)cc1F.O=C(Nc1cc(Br)c(F)cc1F)OCc1ccccc1. The van der Waals surface area contributed by atoms with E-state index in [0.717, 1.165) is 17.7 Å². The van der Waals surface area contributed by atoms with Crippen molar-refractivity contribution in [2.24, 2.45) is 0 Å². The highest BCUT2D eigenvalue weighted by atomic mass is 79.9. The first-order chi connectivity index (χ1) is 14.2. The molecule has 0 spiro atoms. The minimum absolute atomic E-state index is 0.0530. The van der Waals surface area contributed by atoms with Crippen molar-refractivity contribution in [2.75, 3.05) is 11.1 Å². The average Bonchev–Trinajstić information content (AvgIpc) is 2.70. The molecular formula is C20H14Br2F4N2O2. The molecule has 0 atom stereocenters. The van der Waals surface area contributed by atoms with Crippen LogP contribution in [0, 0.1) is 23.3 Å². The summed E-state index contributed by atoms with van der Waals surface area (Å²) >= 11 is 5.77. The second-order valence-corrected chi connectivity index (χ2v) is 7.43. The van der Waals surface area contributed by atoms with Crippen molar-refractivity contribution in [2.45, 2.75) is 6.61 Å². The van der Waals surface area contributed by atoms with E-state index in [-0.39, 0.29) is 26.9 Å². The van der Waals surface area contributed by atoms with E-state index in [1.807, 2.05) is 18.2 Å². The highest BCUT2D eigenvalue weighted by Gasteiger charge is 2.12. The molecule has 3 N–H and O–H groups in total. The molecular weight excluding hydrogens is 536 g/mol. The van der Waals surface area contributed by atoms with Gasteiger partial charge in [0.2, 0.25) is 0 Å². The van der Waals surface area contributed by atoms with Crippen LogP contribution in [0.2, 0.25) is 0 Å². The number of hydrogen-bond donors (Lipinski definition) is 2. The van der Waals surface area contributed by atoms with Crippen LogP contribution in [0.3, 0.4) is 0 Å². The minimum Gasteiger partial charge on any atom is -0.444 e. The first-order valence-electron chi connectivity index (χ1n) is 8.19. The number of hydrogen-bond acceptors (Lipinski definition) is 3. The quantitative estimate of drug-likeness (QED) is 0.215. The summed E-state index contributed by atoms with van der Waals surface area (Å²) < 4.78 is 56.4. The Morgan fingerprint density at radius 1 is 0.867 bits per heavy atom. The molecule has 10 heteroatoms. The van der Waals surface area contributed by atoms with Gasteiger partial charge in [0.25, 0.3) is 0 Å². The number of carbonyl (C=O) groups is 1. The van der Waals surface area contributed by atoms with Gasteiger partial charge in [-0.1, -0.05) is 30.3 Å². The molecule has 3 aromatic rings. The van der Waals surface area contributed by atoms with Crippen molar-refractivity contribution < 1.29 is 27.1 Å².